The lowest BCUT2D eigenvalue weighted by atomic mass is 10.2. The van der Waals surface area contributed by atoms with Gasteiger partial charge >= 0.3 is 5.97 Å². The second kappa shape index (κ2) is 8.66. The van der Waals surface area contributed by atoms with E-state index in [1.165, 1.54) is 37.1 Å². The molecule has 0 saturated carbocycles. The van der Waals surface area contributed by atoms with E-state index in [0.29, 0.717) is 0 Å². The first-order valence-electron chi connectivity index (χ1n) is 6.96. The Morgan fingerprint density at radius 1 is 1.29 bits per heavy atom. The lowest BCUT2D eigenvalue weighted by molar-refractivity contribution is -0.142. The Morgan fingerprint density at radius 2 is 1.83 bits per heavy atom. The molecule has 0 bridgehead atoms. The van der Waals surface area contributed by atoms with Crippen LogP contribution in [-0.2, 0) is 19.6 Å². The third-order valence-corrected chi connectivity index (χ3v) is 5.63. The molecular weight excluding hydrogens is 379 g/mol. The molecule has 1 atom stereocenters. The number of nitrogens with zero attached hydrogens (tertiary/aromatic N) is 1. The molecule has 0 heterocycles. The smallest absolute Gasteiger partial charge is 0.308 e. The summed E-state index contributed by atoms with van der Waals surface area (Å²) >= 11 is 11.7. The second-order valence-electron chi connectivity index (χ2n) is 5.21. The summed E-state index contributed by atoms with van der Waals surface area (Å²) in [6.45, 7) is 1.36. The van der Waals surface area contributed by atoms with Crippen LogP contribution in [0, 0.1) is 5.92 Å². The zero-order valence-electron chi connectivity index (χ0n) is 13.1. The van der Waals surface area contributed by atoms with Crippen LogP contribution in [0.25, 0.3) is 0 Å². The number of halogens is 2. The summed E-state index contributed by atoms with van der Waals surface area (Å²) in [5.74, 6) is -2.10. The van der Waals surface area contributed by atoms with Gasteiger partial charge in [-0.15, -0.1) is 0 Å². The number of carbonyl (C=O) groups is 2. The number of rotatable bonds is 8. The van der Waals surface area contributed by atoms with Gasteiger partial charge in [-0.1, -0.05) is 36.2 Å². The molecular formula is C14H18Cl2N2O5S. The van der Waals surface area contributed by atoms with E-state index >= 15 is 0 Å². The molecule has 0 aliphatic heterocycles. The first-order chi connectivity index (χ1) is 11.1. The fourth-order valence-corrected chi connectivity index (χ4v) is 4.06. The molecule has 7 nitrogen and oxygen atoms in total. The van der Waals surface area contributed by atoms with Gasteiger partial charge in [0.25, 0.3) is 0 Å². The highest BCUT2D eigenvalue weighted by Crippen LogP contribution is 2.28. The average molecular weight is 397 g/mol. The van der Waals surface area contributed by atoms with Gasteiger partial charge in [0.15, 0.2) is 0 Å². The van der Waals surface area contributed by atoms with E-state index in [0.717, 1.165) is 0 Å². The summed E-state index contributed by atoms with van der Waals surface area (Å²) in [6, 6.07) is 4.31. The molecule has 1 aromatic carbocycles. The minimum absolute atomic E-state index is 0.0197. The minimum Gasteiger partial charge on any atom is -0.481 e. The number of carboxylic acids is 1. The summed E-state index contributed by atoms with van der Waals surface area (Å²) in [5.41, 5.74) is 0. The standard InChI is InChI=1S/C14H18Cl2N2O5S/c1-9(14(20)21)8-18(2)12(19)6-7-17-24(22,23)13-10(15)4-3-5-11(13)16/h3-5,9,17H,6-8H2,1-2H3,(H,20,21). The normalized spacial score (nSPS) is 12.7. The van der Waals surface area contributed by atoms with E-state index in [9.17, 15) is 18.0 Å². The van der Waals surface area contributed by atoms with Crippen LogP contribution < -0.4 is 4.72 Å². The number of carbonyl (C=O) groups excluding carboxylic acids is 1. The molecule has 134 valence electrons. The first kappa shape index (κ1) is 20.7. The Bertz CT molecular complexity index is 704. The molecule has 1 aromatic rings. The monoisotopic (exact) mass is 396 g/mol. The van der Waals surface area contributed by atoms with Crippen LogP contribution in [-0.4, -0.2) is 50.4 Å². The van der Waals surface area contributed by atoms with Gasteiger partial charge in [-0.25, -0.2) is 13.1 Å². The second-order valence-corrected chi connectivity index (χ2v) is 7.73. The van der Waals surface area contributed by atoms with E-state index in [1.807, 2.05) is 0 Å². The largest absolute Gasteiger partial charge is 0.481 e. The van der Waals surface area contributed by atoms with Crippen LogP contribution in [0.4, 0.5) is 0 Å². The van der Waals surface area contributed by atoms with E-state index < -0.39 is 21.9 Å². The van der Waals surface area contributed by atoms with Crippen molar-refractivity contribution in [1.29, 1.82) is 0 Å². The van der Waals surface area contributed by atoms with Gasteiger partial charge in [0.2, 0.25) is 15.9 Å². The van der Waals surface area contributed by atoms with E-state index in [2.05, 4.69) is 4.72 Å². The zero-order valence-corrected chi connectivity index (χ0v) is 15.5. The third kappa shape index (κ3) is 5.62. The summed E-state index contributed by atoms with van der Waals surface area (Å²) in [4.78, 5) is 23.7. The molecule has 24 heavy (non-hydrogen) atoms. The predicted molar refractivity (Wildman–Crippen MR) is 90.7 cm³/mol. The maximum absolute atomic E-state index is 12.2. The maximum Gasteiger partial charge on any atom is 0.308 e. The fraction of sp³-hybridized carbons (Fsp3) is 0.429. The van der Waals surface area contributed by atoms with Crippen LogP contribution in [0.2, 0.25) is 10.0 Å². The third-order valence-electron chi connectivity index (χ3n) is 3.21. The molecule has 1 unspecified atom stereocenters. The maximum atomic E-state index is 12.2. The quantitative estimate of drug-likeness (QED) is 0.697. The lowest BCUT2D eigenvalue weighted by Gasteiger charge is -2.19. The van der Waals surface area contributed by atoms with Crippen molar-refractivity contribution in [1.82, 2.24) is 9.62 Å². The lowest BCUT2D eigenvalue weighted by Crippen LogP contribution is -2.36. The number of hydrogen-bond donors (Lipinski definition) is 2. The number of hydrogen-bond acceptors (Lipinski definition) is 4. The van der Waals surface area contributed by atoms with E-state index in [4.69, 9.17) is 28.3 Å². The van der Waals surface area contributed by atoms with E-state index in [-0.39, 0.29) is 40.4 Å². The molecule has 0 spiro atoms. The highest BCUT2D eigenvalue weighted by atomic mass is 35.5. The highest BCUT2D eigenvalue weighted by molar-refractivity contribution is 7.89. The number of aliphatic carboxylic acids is 1. The average Bonchev–Trinajstić information content (AvgIpc) is 2.46. The van der Waals surface area contributed by atoms with Crippen LogP contribution in [0.5, 0.6) is 0 Å². The van der Waals surface area contributed by atoms with Gasteiger partial charge in [-0.05, 0) is 12.1 Å². The Hall–Kier alpha value is -1.35. The Morgan fingerprint density at radius 3 is 2.33 bits per heavy atom. The topological polar surface area (TPSA) is 104 Å². The van der Waals surface area contributed by atoms with Crippen molar-refractivity contribution in [3.05, 3.63) is 28.2 Å². The molecule has 1 amide bonds. The van der Waals surface area contributed by atoms with Gasteiger partial charge in [-0.3, -0.25) is 9.59 Å². The number of benzene rings is 1. The van der Waals surface area contributed by atoms with Crippen LogP contribution >= 0.6 is 23.2 Å². The number of amides is 1. The molecule has 10 heteroatoms. The van der Waals surface area contributed by atoms with E-state index in [1.54, 1.807) is 0 Å². The van der Waals surface area contributed by atoms with Crippen molar-refractivity contribution < 1.29 is 23.1 Å². The fourth-order valence-electron chi connectivity index (χ4n) is 1.89. The van der Waals surface area contributed by atoms with Crippen molar-refractivity contribution in [2.24, 2.45) is 5.92 Å². The minimum atomic E-state index is -3.96. The summed E-state index contributed by atoms with van der Waals surface area (Å²) in [5, 5.41) is 8.78. The van der Waals surface area contributed by atoms with Gasteiger partial charge in [-0.2, -0.15) is 0 Å². The van der Waals surface area contributed by atoms with Gasteiger partial charge in [0, 0.05) is 26.6 Å². The molecule has 2 N–H and O–H groups in total. The Labute approximate surface area is 150 Å². The van der Waals surface area contributed by atoms with Gasteiger partial charge < -0.3 is 10.0 Å². The predicted octanol–water partition coefficient (Wildman–Crippen LogP) is 1.84. The highest BCUT2D eigenvalue weighted by Gasteiger charge is 2.22. The van der Waals surface area contributed by atoms with Crippen molar-refractivity contribution in [3.8, 4) is 0 Å². The Balaban J connectivity index is 2.63. The first-order valence-corrected chi connectivity index (χ1v) is 9.20. The summed E-state index contributed by atoms with van der Waals surface area (Å²) < 4.78 is 26.7. The molecule has 0 fully saturated rings. The van der Waals surface area contributed by atoms with Crippen molar-refractivity contribution in [2.45, 2.75) is 18.2 Å². The zero-order chi connectivity index (χ0) is 18.5. The molecule has 1 rings (SSSR count). The van der Waals surface area contributed by atoms with Crippen LogP contribution in [0.1, 0.15) is 13.3 Å². The summed E-state index contributed by atoms with van der Waals surface area (Å²) in [7, 11) is -2.50. The Kier molecular flexibility index (Phi) is 7.47. The molecule has 0 saturated heterocycles. The number of nitrogens with one attached hydrogen (secondary N) is 1. The molecule has 0 aliphatic carbocycles. The van der Waals surface area contributed by atoms with Crippen LogP contribution in [0.3, 0.4) is 0 Å². The molecule has 0 radical (unpaired) electrons. The molecule has 0 aromatic heterocycles. The number of sulfonamides is 1. The van der Waals surface area contributed by atoms with Crippen molar-refractivity contribution in [2.75, 3.05) is 20.1 Å². The number of carboxylic acid groups (broad SMARTS) is 1. The van der Waals surface area contributed by atoms with Crippen molar-refractivity contribution >= 4 is 45.1 Å². The molecule has 0 aliphatic rings. The SMILES string of the molecule is CC(CN(C)C(=O)CCNS(=O)(=O)c1c(Cl)cccc1Cl)C(=O)O. The van der Waals surface area contributed by atoms with Gasteiger partial charge in [0.05, 0.1) is 16.0 Å². The van der Waals surface area contributed by atoms with Crippen molar-refractivity contribution in [3.63, 3.8) is 0 Å². The van der Waals surface area contributed by atoms with Crippen LogP contribution in [0.15, 0.2) is 23.1 Å². The summed E-state index contributed by atoms with van der Waals surface area (Å²) in [6.07, 6.45) is -0.121. The van der Waals surface area contributed by atoms with Gasteiger partial charge in [0.1, 0.15) is 4.90 Å².